The average Bonchev–Trinajstić information content (AvgIpc) is 3.02. The molecule has 2 aromatic heterocycles. The van der Waals surface area contributed by atoms with Gasteiger partial charge < -0.3 is 10.2 Å². The Kier molecular flexibility index (Phi) is 5.19. The minimum Gasteiger partial charge on any atom is -0.352 e. The second-order valence-corrected chi connectivity index (χ2v) is 8.35. The molecule has 150 valence electrons. The van der Waals surface area contributed by atoms with Crippen molar-refractivity contribution in [2.45, 2.75) is 32.9 Å². The highest BCUT2D eigenvalue weighted by Crippen LogP contribution is 2.26. The van der Waals surface area contributed by atoms with E-state index in [9.17, 15) is 14.4 Å². The monoisotopic (exact) mass is 410 g/mol. The third-order valence-corrected chi connectivity index (χ3v) is 6.49. The van der Waals surface area contributed by atoms with Crippen molar-refractivity contribution in [2.24, 2.45) is 0 Å². The molecule has 0 saturated carbocycles. The number of nitrogens with zero attached hydrogens (tertiary/aromatic N) is 3. The molecule has 2 amide bonds. The number of hydrogen-bond donors (Lipinski definition) is 1. The summed E-state index contributed by atoms with van der Waals surface area (Å²) in [4.78, 5) is 46.0. The van der Waals surface area contributed by atoms with Crippen molar-refractivity contribution in [3.63, 3.8) is 0 Å². The number of aromatic nitrogens is 2. The Morgan fingerprint density at radius 1 is 1.24 bits per heavy atom. The maximum absolute atomic E-state index is 13.0. The van der Waals surface area contributed by atoms with E-state index in [0.717, 1.165) is 20.8 Å². The highest BCUT2D eigenvalue weighted by atomic mass is 32.1. The fourth-order valence-corrected chi connectivity index (χ4v) is 4.68. The van der Waals surface area contributed by atoms with E-state index < -0.39 is 6.04 Å². The van der Waals surface area contributed by atoms with Gasteiger partial charge in [0.1, 0.15) is 10.9 Å². The average molecular weight is 410 g/mol. The molecule has 1 atom stereocenters. The minimum absolute atomic E-state index is 0.124. The number of piperazine rings is 1. The van der Waals surface area contributed by atoms with Crippen LogP contribution in [0.25, 0.3) is 10.2 Å². The number of thiophene rings is 1. The topological polar surface area (TPSA) is 84.3 Å². The van der Waals surface area contributed by atoms with Gasteiger partial charge in [0.2, 0.25) is 11.8 Å². The van der Waals surface area contributed by atoms with Gasteiger partial charge in [-0.1, -0.05) is 30.3 Å². The molecule has 8 heteroatoms. The molecule has 7 nitrogen and oxygen atoms in total. The number of nitrogens with one attached hydrogen (secondary N) is 1. The number of fused-ring (bicyclic) bond motifs is 1. The van der Waals surface area contributed by atoms with E-state index in [4.69, 9.17) is 0 Å². The maximum atomic E-state index is 13.0. The van der Waals surface area contributed by atoms with Gasteiger partial charge in [0.25, 0.3) is 5.56 Å². The Morgan fingerprint density at radius 2 is 2.00 bits per heavy atom. The van der Waals surface area contributed by atoms with Gasteiger partial charge in [-0.3, -0.25) is 19.0 Å². The van der Waals surface area contributed by atoms with Crippen LogP contribution >= 0.6 is 11.3 Å². The number of hydrogen-bond acceptors (Lipinski definition) is 5. The van der Waals surface area contributed by atoms with E-state index in [2.05, 4.69) is 10.3 Å². The minimum atomic E-state index is -0.642. The van der Waals surface area contributed by atoms with E-state index in [1.54, 1.807) is 4.90 Å². The molecular formula is C21H22N4O3S. The molecule has 0 bridgehead atoms. The van der Waals surface area contributed by atoms with Crippen LogP contribution in [0.3, 0.4) is 0 Å². The zero-order valence-corrected chi connectivity index (χ0v) is 17.2. The van der Waals surface area contributed by atoms with E-state index in [0.29, 0.717) is 18.5 Å². The van der Waals surface area contributed by atoms with Crippen LogP contribution in [0.2, 0.25) is 0 Å². The van der Waals surface area contributed by atoms with Crippen molar-refractivity contribution < 1.29 is 9.59 Å². The van der Waals surface area contributed by atoms with Crippen LogP contribution in [0.4, 0.5) is 0 Å². The lowest BCUT2D eigenvalue weighted by atomic mass is 10.0. The van der Waals surface area contributed by atoms with Crippen molar-refractivity contribution in [1.29, 1.82) is 0 Å². The van der Waals surface area contributed by atoms with Crippen molar-refractivity contribution in [1.82, 2.24) is 19.8 Å². The number of carbonyl (C=O) groups is 2. The number of amides is 2. The van der Waals surface area contributed by atoms with Gasteiger partial charge in [-0.15, -0.1) is 11.3 Å². The maximum Gasteiger partial charge on any atom is 0.262 e. The van der Waals surface area contributed by atoms with Gasteiger partial charge in [0.05, 0.1) is 11.7 Å². The normalized spacial score (nSPS) is 16.8. The van der Waals surface area contributed by atoms with Gasteiger partial charge in [-0.25, -0.2) is 4.98 Å². The molecule has 3 aromatic rings. The molecular weight excluding hydrogens is 388 g/mol. The third kappa shape index (κ3) is 3.55. The van der Waals surface area contributed by atoms with Crippen molar-refractivity contribution in [3.8, 4) is 0 Å². The predicted octanol–water partition coefficient (Wildman–Crippen LogP) is 2.16. The first-order chi connectivity index (χ1) is 14.0. The lowest BCUT2D eigenvalue weighted by molar-refractivity contribution is -0.143. The molecule has 1 aliphatic rings. The van der Waals surface area contributed by atoms with Crippen molar-refractivity contribution in [3.05, 3.63) is 63.0 Å². The summed E-state index contributed by atoms with van der Waals surface area (Å²) >= 11 is 1.50. The first kappa shape index (κ1) is 19.3. The molecule has 29 heavy (non-hydrogen) atoms. The highest BCUT2D eigenvalue weighted by molar-refractivity contribution is 7.18. The molecule has 1 aromatic carbocycles. The van der Waals surface area contributed by atoms with E-state index in [-0.39, 0.29) is 30.3 Å². The quantitative estimate of drug-likeness (QED) is 0.714. The molecule has 0 spiro atoms. The summed E-state index contributed by atoms with van der Waals surface area (Å²) in [6.45, 7) is 4.99. The third-order valence-electron chi connectivity index (χ3n) is 5.37. The first-order valence-corrected chi connectivity index (χ1v) is 10.4. The number of benzene rings is 1. The summed E-state index contributed by atoms with van der Waals surface area (Å²) < 4.78 is 1.49. The van der Waals surface area contributed by atoms with Crippen molar-refractivity contribution in [2.75, 3.05) is 13.1 Å². The SMILES string of the molecule is Cc1sc2ncn(CCC(=O)N3CCNC(=O)C3c3ccccc3)c(=O)c2c1C. The Hall–Kier alpha value is -3.00. The summed E-state index contributed by atoms with van der Waals surface area (Å²) in [6.07, 6.45) is 1.64. The Bertz CT molecular complexity index is 1140. The zero-order valence-electron chi connectivity index (χ0n) is 16.3. The molecule has 1 saturated heterocycles. The zero-order chi connectivity index (χ0) is 20.5. The molecule has 1 aliphatic heterocycles. The fourth-order valence-electron chi connectivity index (χ4n) is 3.69. The number of aryl methyl sites for hydroxylation is 3. The predicted molar refractivity (Wildman–Crippen MR) is 112 cm³/mol. The number of carbonyl (C=O) groups excluding carboxylic acids is 2. The van der Waals surface area contributed by atoms with E-state index in [1.807, 2.05) is 44.2 Å². The van der Waals surface area contributed by atoms with E-state index in [1.165, 1.54) is 22.2 Å². The molecule has 4 rings (SSSR count). The second kappa shape index (κ2) is 7.79. The summed E-state index contributed by atoms with van der Waals surface area (Å²) in [5, 5.41) is 3.46. The molecule has 1 fully saturated rings. The largest absolute Gasteiger partial charge is 0.352 e. The van der Waals surface area contributed by atoms with Crippen LogP contribution in [-0.4, -0.2) is 39.4 Å². The summed E-state index contributed by atoms with van der Waals surface area (Å²) in [7, 11) is 0. The van der Waals surface area contributed by atoms with Crippen LogP contribution in [0.15, 0.2) is 41.5 Å². The van der Waals surface area contributed by atoms with Gasteiger partial charge in [-0.05, 0) is 25.0 Å². The van der Waals surface area contributed by atoms with Crippen LogP contribution in [0.1, 0.15) is 28.5 Å². The van der Waals surface area contributed by atoms with Gasteiger partial charge in [-0.2, -0.15) is 0 Å². The highest BCUT2D eigenvalue weighted by Gasteiger charge is 2.33. The molecule has 0 radical (unpaired) electrons. The molecule has 3 heterocycles. The first-order valence-electron chi connectivity index (χ1n) is 9.54. The molecule has 0 aliphatic carbocycles. The smallest absolute Gasteiger partial charge is 0.262 e. The lowest BCUT2D eigenvalue weighted by Gasteiger charge is -2.35. The lowest BCUT2D eigenvalue weighted by Crippen LogP contribution is -2.52. The van der Waals surface area contributed by atoms with Gasteiger partial charge >= 0.3 is 0 Å². The van der Waals surface area contributed by atoms with Crippen LogP contribution in [0.5, 0.6) is 0 Å². The van der Waals surface area contributed by atoms with Crippen LogP contribution in [-0.2, 0) is 16.1 Å². The summed E-state index contributed by atoms with van der Waals surface area (Å²) in [6, 6.07) is 8.63. The summed E-state index contributed by atoms with van der Waals surface area (Å²) in [5.41, 5.74) is 1.60. The van der Waals surface area contributed by atoms with Gasteiger partial charge in [0, 0.05) is 30.9 Å². The van der Waals surface area contributed by atoms with E-state index >= 15 is 0 Å². The van der Waals surface area contributed by atoms with Gasteiger partial charge in [0.15, 0.2) is 0 Å². The Balaban J connectivity index is 1.55. The number of rotatable bonds is 4. The molecule has 1 unspecified atom stereocenters. The standard InChI is InChI=1S/C21H22N4O3S/c1-13-14(2)29-20-17(13)21(28)24(12-23-20)10-8-16(26)25-11-9-22-19(27)18(25)15-6-4-3-5-7-15/h3-7,12,18H,8-11H2,1-2H3,(H,22,27). The molecule has 1 N–H and O–H groups in total. The fraction of sp³-hybridized carbons (Fsp3) is 0.333. The van der Waals surface area contributed by atoms with Crippen LogP contribution in [0, 0.1) is 13.8 Å². The Labute approximate surface area is 172 Å². The van der Waals surface area contributed by atoms with Crippen LogP contribution < -0.4 is 10.9 Å². The summed E-state index contributed by atoms with van der Waals surface area (Å²) in [5.74, 6) is -0.334. The second-order valence-electron chi connectivity index (χ2n) is 7.15. The van der Waals surface area contributed by atoms with Crippen molar-refractivity contribution >= 4 is 33.4 Å². The Morgan fingerprint density at radius 3 is 2.76 bits per heavy atom.